The molecular weight excluding hydrogens is 370 g/mol. The number of amides is 3. The Morgan fingerprint density at radius 1 is 1.10 bits per heavy atom. The number of benzene rings is 1. The maximum atomic E-state index is 12.6. The number of urea groups is 1. The third-order valence-corrected chi connectivity index (χ3v) is 5.30. The lowest BCUT2D eigenvalue weighted by atomic mass is 9.96. The van der Waals surface area contributed by atoms with Gasteiger partial charge < -0.3 is 25.4 Å². The number of hydrogen-bond acceptors (Lipinski definition) is 4. The normalized spacial score (nSPS) is 15.3. The summed E-state index contributed by atoms with van der Waals surface area (Å²) in [4.78, 5) is 24.9. The van der Waals surface area contributed by atoms with Crippen molar-refractivity contribution in [1.82, 2.24) is 16.0 Å². The number of ether oxygens (including phenoxy) is 2. The Morgan fingerprint density at radius 2 is 1.83 bits per heavy atom. The van der Waals surface area contributed by atoms with Gasteiger partial charge in [-0.2, -0.15) is 0 Å². The van der Waals surface area contributed by atoms with E-state index in [2.05, 4.69) is 16.0 Å². The second-order valence-corrected chi connectivity index (χ2v) is 7.52. The predicted octanol–water partition coefficient (Wildman–Crippen LogP) is 3.16. The van der Waals surface area contributed by atoms with Gasteiger partial charge in [0.25, 0.3) is 0 Å². The van der Waals surface area contributed by atoms with Crippen LogP contribution in [0.1, 0.15) is 57.4 Å². The maximum absolute atomic E-state index is 12.6. The molecule has 1 atom stereocenters. The van der Waals surface area contributed by atoms with Gasteiger partial charge in [0.05, 0.1) is 14.2 Å². The molecular formula is C22H35N3O4. The quantitative estimate of drug-likeness (QED) is 0.558. The lowest BCUT2D eigenvalue weighted by Gasteiger charge is -2.25. The molecule has 3 amide bonds. The molecule has 0 radical (unpaired) electrons. The van der Waals surface area contributed by atoms with Crippen molar-refractivity contribution in [3.63, 3.8) is 0 Å². The van der Waals surface area contributed by atoms with Crippen LogP contribution in [0.15, 0.2) is 18.2 Å². The largest absolute Gasteiger partial charge is 0.493 e. The molecule has 1 aliphatic carbocycles. The Balaban J connectivity index is 1.81. The fourth-order valence-electron chi connectivity index (χ4n) is 3.68. The minimum Gasteiger partial charge on any atom is -0.493 e. The van der Waals surface area contributed by atoms with E-state index in [1.807, 2.05) is 25.1 Å². The number of carbonyl (C=O) groups excluding carboxylic acids is 2. The highest BCUT2D eigenvalue weighted by molar-refractivity contribution is 5.87. The van der Waals surface area contributed by atoms with E-state index in [-0.39, 0.29) is 18.0 Å². The van der Waals surface area contributed by atoms with Crippen LogP contribution >= 0.6 is 0 Å². The van der Waals surface area contributed by atoms with Gasteiger partial charge in [0.1, 0.15) is 6.04 Å². The average Bonchev–Trinajstić information content (AvgIpc) is 2.73. The summed E-state index contributed by atoms with van der Waals surface area (Å²) >= 11 is 0. The molecule has 1 unspecified atom stereocenters. The highest BCUT2D eigenvalue weighted by Crippen LogP contribution is 2.27. The molecule has 29 heavy (non-hydrogen) atoms. The molecule has 1 aromatic carbocycles. The van der Waals surface area contributed by atoms with Gasteiger partial charge in [-0.25, -0.2) is 4.79 Å². The van der Waals surface area contributed by atoms with Gasteiger partial charge in [-0.15, -0.1) is 0 Å². The lowest BCUT2D eigenvalue weighted by Crippen LogP contribution is -2.52. The molecule has 7 heteroatoms. The van der Waals surface area contributed by atoms with Crippen LogP contribution in [-0.2, 0) is 11.2 Å². The molecule has 1 aliphatic rings. The molecule has 2 rings (SSSR count). The van der Waals surface area contributed by atoms with Crippen molar-refractivity contribution in [3.05, 3.63) is 23.8 Å². The van der Waals surface area contributed by atoms with Crippen LogP contribution in [-0.4, -0.2) is 44.8 Å². The van der Waals surface area contributed by atoms with Crippen LogP contribution in [0.25, 0.3) is 0 Å². The Hall–Kier alpha value is -2.44. The molecule has 162 valence electrons. The summed E-state index contributed by atoms with van der Waals surface area (Å²) in [5.74, 6) is 1.20. The first-order valence-electron chi connectivity index (χ1n) is 10.6. The first-order chi connectivity index (χ1) is 14.1. The van der Waals surface area contributed by atoms with Gasteiger partial charge in [-0.1, -0.05) is 38.7 Å². The van der Waals surface area contributed by atoms with Gasteiger partial charge in [0, 0.05) is 12.6 Å². The summed E-state index contributed by atoms with van der Waals surface area (Å²) in [7, 11) is 3.20. The zero-order valence-corrected chi connectivity index (χ0v) is 17.9. The second-order valence-electron chi connectivity index (χ2n) is 7.52. The highest BCUT2D eigenvalue weighted by atomic mass is 16.5. The van der Waals surface area contributed by atoms with Crippen molar-refractivity contribution in [2.45, 2.75) is 70.4 Å². The van der Waals surface area contributed by atoms with Crippen LogP contribution in [0.4, 0.5) is 4.79 Å². The second kappa shape index (κ2) is 12.2. The summed E-state index contributed by atoms with van der Waals surface area (Å²) < 4.78 is 10.6. The summed E-state index contributed by atoms with van der Waals surface area (Å²) in [6, 6.07) is 5.17. The molecule has 0 saturated heterocycles. The van der Waals surface area contributed by atoms with Crippen molar-refractivity contribution in [2.75, 3.05) is 20.8 Å². The minimum atomic E-state index is -0.519. The van der Waals surface area contributed by atoms with E-state index in [0.29, 0.717) is 30.9 Å². The Morgan fingerprint density at radius 3 is 2.48 bits per heavy atom. The monoisotopic (exact) mass is 405 g/mol. The van der Waals surface area contributed by atoms with E-state index >= 15 is 0 Å². The van der Waals surface area contributed by atoms with E-state index in [0.717, 1.165) is 37.7 Å². The summed E-state index contributed by atoms with van der Waals surface area (Å²) in [5.41, 5.74) is 1.04. The highest BCUT2D eigenvalue weighted by Gasteiger charge is 2.22. The zero-order valence-electron chi connectivity index (χ0n) is 17.9. The van der Waals surface area contributed by atoms with Crippen LogP contribution in [0.5, 0.6) is 11.5 Å². The van der Waals surface area contributed by atoms with E-state index in [9.17, 15) is 9.59 Å². The molecule has 1 aromatic rings. The lowest BCUT2D eigenvalue weighted by molar-refractivity contribution is -0.123. The third-order valence-electron chi connectivity index (χ3n) is 5.30. The summed E-state index contributed by atoms with van der Waals surface area (Å²) in [6.45, 7) is 2.49. The molecule has 0 spiro atoms. The maximum Gasteiger partial charge on any atom is 0.315 e. The van der Waals surface area contributed by atoms with Crippen molar-refractivity contribution in [2.24, 2.45) is 0 Å². The summed E-state index contributed by atoms with van der Waals surface area (Å²) in [6.07, 6.45) is 7.67. The molecule has 1 fully saturated rings. The van der Waals surface area contributed by atoms with Crippen molar-refractivity contribution < 1.29 is 19.1 Å². The fourth-order valence-corrected chi connectivity index (χ4v) is 3.68. The van der Waals surface area contributed by atoms with Crippen LogP contribution in [0.3, 0.4) is 0 Å². The van der Waals surface area contributed by atoms with Gasteiger partial charge in [-0.05, 0) is 43.4 Å². The standard InChI is InChI=1S/C22H35N3O4/c1-4-8-18(25-22(27)24-17-9-6-5-7-10-17)21(26)23-14-13-16-11-12-19(28-2)20(15-16)29-3/h11-12,15,17-18H,4-10,13-14H2,1-3H3,(H,23,26)(H2,24,25,27). The van der Waals surface area contributed by atoms with Crippen LogP contribution < -0.4 is 25.4 Å². The van der Waals surface area contributed by atoms with Gasteiger partial charge >= 0.3 is 6.03 Å². The first-order valence-corrected chi connectivity index (χ1v) is 10.6. The number of carbonyl (C=O) groups is 2. The molecule has 1 saturated carbocycles. The Bertz CT molecular complexity index is 659. The number of nitrogens with one attached hydrogen (secondary N) is 3. The molecule has 0 aromatic heterocycles. The number of methoxy groups -OCH3 is 2. The van der Waals surface area contributed by atoms with E-state index in [1.54, 1.807) is 14.2 Å². The van der Waals surface area contributed by atoms with E-state index in [1.165, 1.54) is 6.42 Å². The van der Waals surface area contributed by atoms with Crippen LogP contribution in [0.2, 0.25) is 0 Å². The average molecular weight is 406 g/mol. The van der Waals surface area contributed by atoms with E-state index in [4.69, 9.17) is 9.47 Å². The van der Waals surface area contributed by atoms with Crippen molar-refractivity contribution in [1.29, 1.82) is 0 Å². The molecule has 7 nitrogen and oxygen atoms in total. The fraction of sp³-hybridized carbons (Fsp3) is 0.636. The third kappa shape index (κ3) is 7.48. The number of hydrogen-bond donors (Lipinski definition) is 3. The van der Waals surface area contributed by atoms with Gasteiger partial charge in [-0.3, -0.25) is 4.79 Å². The van der Waals surface area contributed by atoms with Crippen molar-refractivity contribution >= 4 is 11.9 Å². The minimum absolute atomic E-state index is 0.147. The van der Waals surface area contributed by atoms with Gasteiger partial charge in [0.15, 0.2) is 11.5 Å². The number of rotatable bonds is 10. The first kappa shape index (κ1) is 22.8. The van der Waals surface area contributed by atoms with Gasteiger partial charge in [0.2, 0.25) is 5.91 Å². The topological polar surface area (TPSA) is 88.7 Å². The SMILES string of the molecule is CCCC(NC(=O)NC1CCCCC1)C(=O)NCCc1ccc(OC)c(OC)c1. The Kier molecular flexibility index (Phi) is 9.60. The van der Waals surface area contributed by atoms with Crippen molar-refractivity contribution in [3.8, 4) is 11.5 Å². The van der Waals surface area contributed by atoms with E-state index < -0.39 is 6.04 Å². The zero-order chi connectivity index (χ0) is 21.1. The molecule has 0 heterocycles. The Labute approximate surface area is 173 Å². The smallest absolute Gasteiger partial charge is 0.315 e. The molecule has 3 N–H and O–H groups in total. The molecule has 0 bridgehead atoms. The molecule has 0 aliphatic heterocycles. The predicted molar refractivity (Wildman–Crippen MR) is 113 cm³/mol. The van der Waals surface area contributed by atoms with Crippen LogP contribution in [0, 0.1) is 0 Å². The summed E-state index contributed by atoms with van der Waals surface area (Å²) in [5, 5.41) is 8.80.